The summed E-state index contributed by atoms with van der Waals surface area (Å²) < 4.78 is 0. The number of hydrogen-bond donors (Lipinski definition) is 3. The van der Waals surface area contributed by atoms with Crippen molar-refractivity contribution in [3.63, 3.8) is 0 Å². The molecule has 4 heteroatoms. The highest BCUT2D eigenvalue weighted by Gasteiger charge is 2.52. The van der Waals surface area contributed by atoms with Crippen LogP contribution in [0, 0.1) is 17.3 Å². The van der Waals surface area contributed by atoms with E-state index in [0.29, 0.717) is 25.2 Å². The van der Waals surface area contributed by atoms with Crippen molar-refractivity contribution in [2.24, 2.45) is 17.3 Å². The third kappa shape index (κ3) is 8.62. The van der Waals surface area contributed by atoms with Crippen molar-refractivity contribution in [1.82, 2.24) is 0 Å². The summed E-state index contributed by atoms with van der Waals surface area (Å²) in [6, 6.07) is 0. The fourth-order valence-corrected chi connectivity index (χ4v) is 5.28. The van der Waals surface area contributed by atoms with Crippen LogP contribution in [-0.2, 0) is 4.79 Å². The van der Waals surface area contributed by atoms with E-state index in [0.717, 1.165) is 55.1 Å². The lowest BCUT2D eigenvalue weighted by molar-refractivity contribution is -0.115. The van der Waals surface area contributed by atoms with E-state index in [1.54, 1.807) is 0 Å². The number of rotatable bonds is 13. The van der Waals surface area contributed by atoms with Crippen LogP contribution in [0.4, 0.5) is 0 Å². The van der Waals surface area contributed by atoms with E-state index in [-0.39, 0.29) is 12.5 Å². The van der Waals surface area contributed by atoms with Crippen LogP contribution in [0.15, 0.2) is 46.6 Å². The predicted molar refractivity (Wildman–Crippen MR) is 143 cm³/mol. The number of allylic oxidation sites excluding steroid dienone is 6. The van der Waals surface area contributed by atoms with Gasteiger partial charge in [-0.05, 0) is 109 Å². The van der Waals surface area contributed by atoms with Gasteiger partial charge < -0.3 is 15.3 Å². The van der Waals surface area contributed by atoms with Gasteiger partial charge in [-0.2, -0.15) is 0 Å². The van der Waals surface area contributed by atoms with Gasteiger partial charge >= 0.3 is 0 Å². The van der Waals surface area contributed by atoms with Gasteiger partial charge in [0.15, 0.2) is 0 Å². The second-order valence-electron chi connectivity index (χ2n) is 11.1. The largest absolute Gasteiger partial charge is 0.396 e. The molecule has 0 bridgehead atoms. The van der Waals surface area contributed by atoms with Crippen LogP contribution >= 0.6 is 0 Å². The van der Waals surface area contributed by atoms with Gasteiger partial charge in [0.2, 0.25) is 0 Å². The number of aliphatic hydroxyl groups excluding tert-OH is 2. The Morgan fingerprint density at radius 3 is 2.38 bits per heavy atom. The molecule has 0 spiro atoms. The SMILES string of the molecule is CC(C)=CCC[C@@H](C)/C=C/[C@H](O)/C(C)=C/CC[C@@]1(C)[C@H](CCCO)/C(=C(\C)C=O)CC[C@]1(C)O. The molecule has 194 valence electrons. The monoisotopic (exact) mass is 474 g/mol. The fraction of sp³-hybridized carbons (Fsp3) is 0.700. The van der Waals surface area contributed by atoms with E-state index in [1.807, 2.05) is 26.8 Å². The average Bonchev–Trinajstić information content (AvgIpc) is 2.77. The maximum atomic E-state index is 11.6. The summed E-state index contributed by atoms with van der Waals surface area (Å²) in [5.41, 5.74) is 2.86. The Bertz CT molecular complexity index is 767. The van der Waals surface area contributed by atoms with E-state index < -0.39 is 17.1 Å². The molecule has 5 atom stereocenters. The van der Waals surface area contributed by atoms with Crippen LogP contribution in [0.3, 0.4) is 0 Å². The molecular formula is C30H50O4. The van der Waals surface area contributed by atoms with E-state index >= 15 is 0 Å². The summed E-state index contributed by atoms with van der Waals surface area (Å²) in [5, 5.41) is 31.5. The van der Waals surface area contributed by atoms with E-state index in [2.05, 4.69) is 45.9 Å². The first kappa shape index (κ1) is 30.5. The second-order valence-corrected chi connectivity index (χ2v) is 11.1. The van der Waals surface area contributed by atoms with Crippen molar-refractivity contribution in [3.8, 4) is 0 Å². The van der Waals surface area contributed by atoms with Crippen molar-refractivity contribution in [3.05, 3.63) is 46.6 Å². The Balaban J connectivity index is 2.93. The first-order valence-electron chi connectivity index (χ1n) is 13.0. The normalized spacial score (nSPS) is 29.1. The molecule has 0 heterocycles. The zero-order valence-corrected chi connectivity index (χ0v) is 22.7. The van der Waals surface area contributed by atoms with Crippen LogP contribution < -0.4 is 0 Å². The maximum absolute atomic E-state index is 11.6. The summed E-state index contributed by atoms with van der Waals surface area (Å²) in [6.45, 7) is 14.4. The summed E-state index contributed by atoms with van der Waals surface area (Å²) in [4.78, 5) is 11.6. The standard InChI is InChI=1S/C30H50O4/c1-22(2)11-8-12-23(3)15-16-28(33)24(4)13-9-18-29(6)27(14-10-20-31)26(25(5)21-32)17-19-30(29,7)34/h11,13,15-16,21,23,27-28,31,33-34H,8-10,12,14,17-20H2,1-7H3/b16-15+,24-13+,26-25+/t23-,27-,28+,29+,30+/m1/s1. The molecule has 1 saturated carbocycles. The van der Waals surface area contributed by atoms with Crippen molar-refractivity contribution in [2.45, 2.75) is 112 Å². The molecule has 4 nitrogen and oxygen atoms in total. The summed E-state index contributed by atoms with van der Waals surface area (Å²) in [5.74, 6) is 0.460. The lowest BCUT2D eigenvalue weighted by atomic mass is 9.54. The highest BCUT2D eigenvalue weighted by atomic mass is 16.3. The number of aldehydes is 1. The molecule has 34 heavy (non-hydrogen) atoms. The molecule has 1 aliphatic carbocycles. The van der Waals surface area contributed by atoms with Gasteiger partial charge in [0.05, 0.1) is 11.7 Å². The van der Waals surface area contributed by atoms with Gasteiger partial charge in [0, 0.05) is 12.0 Å². The van der Waals surface area contributed by atoms with Crippen LogP contribution in [0.1, 0.15) is 99.8 Å². The minimum atomic E-state index is -0.860. The van der Waals surface area contributed by atoms with E-state index in [1.165, 1.54) is 5.57 Å². The molecule has 0 unspecified atom stereocenters. The number of hydrogen-bond acceptors (Lipinski definition) is 4. The third-order valence-electron chi connectivity index (χ3n) is 8.03. The third-order valence-corrected chi connectivity index (χ3v) is 8.03. The van der Waals surface area contributed by atoms with E-state index in [9.17, 15) is 20.1 Å². The lowest BCUT2D eigenvalue weighted by Gasteiger charge is -2.53. The molecule has 1 fully saturated rings. The van der Waals surface area contributed by atoms with Gasteiger partial charge in [-0.1, -0.05) is 49.3 Å². The van der Waals surface area contributed by atoms with Gasteiger partial charge in [0.25, 0.3) is 0 Å². The highest BCUT2D eigenvalue weighted by molar-refractivity contribution is 5.74. The quantitative estimate of drug-likeness (QED) is 0.162. The molecule has 0 aromatic rings. The van der Waals surface area contributed by atoms with Gasteiger partial charge in [0.1, 0.15) is 6.29 Å². The molecule has 3 N–H and O–H groups in total. The predicted octanol–water partition coefficient (Wildman–Crippen LogP) is 6.47. The Kier molecular flexibility index (Phi) is 12.7. The maximum Gasteiger partial charge on any atom is 0.145 e. The molecule has 0 saturated heterocycles. The van der Waals surface area contributed by atoms with Crippen LogP contribution in [0.25, 0.3) is 0 Å². The first-order valence-corrected chi connectivity index (χ1v) is 13.0. The smallest absolute Gasteiger partial charge is 0.145 e. The van der Waals surface area contributed by atoms with Crippen molar-refractivity contribution >= 4 is 6.29 Å². The Morgan fingerprint density at radius 1 is 1.12 bits per heavy atom. The molecule has 0 amide bonds. The van der Waals surface area contributed by atoms with Crippen LogP contribution in [-0.4, -0.2) is 39.9 Å². The van der Waals surface area contributed by atoms with Gasteiger partial charge in [-0.25, -0.2) is 0 Å². The Labute approximate surface area is 208 Å². The summed E-state index contributed by atoms with van der Waals surface area (Å²) in [6.07, 6.45) is 15.0. The number of carbonyl (C=O) groups excluding carboxylic acids is 1. The minimum absolute atomic E-state index is 0.0498. The average molecular weight is 475 g/mol. The van der Waals surface area contributed by atoms with Gasteiger partial charge in [-0.3, -0.25) is 4.79 Å². The molecule has 0 aromatic heterocycles. The lowest BCUT2D eigenvalue weighted by Crippen LogP contribution is -2.52. The molecule has 1 aliphatic rings. The summed E-state index contributed by atoms with van der Waals surface area (Å²) in [7, 11) is 0. The summed E-state index contributed by atoms with van der Waals surface area (Å²) >= 11 is 0. The molecule has 0 aromatic carbocycles. The molecular weight excluding hydrogens is 424 g/mol. The van der Waals surface area contributed by atoms with Crippen LogP contribution in [0.2, 0.25) is 0 Å². The Hall–Kier alpha value is -1.49. The molecule has 0 aliphatic heterocycles. The molecule has 1 rings (SSSR count). The Morgan fingerprint density at radius 2 is 1.79 bits per heavy atom. The van der Waals surface area contributed by atoms with Gasteiger partial charge in [-0.15, -0.1) is 0 Å². The second kappa shape index (κ2) is 14.2. The minimum Gasteiger partial charge on any atom is -0.396 e. The zero-order chi connectivity index (χ0) is 25.9. The van der Waals surface area contributed by atoms with E-state index in [4.69, 9.17) is 0 Å². The first-order chi connectivity index (χ1) is 15.9. The van der Waals surface area contributed by atoms with Crippen molar-refractivity contribution in [2.75, 3.05) is 6.61 Å². The molecule has 0 radical (unpaired) electrons. The number of carbonyl (C=O) groups is 1. The van der Waals surface area contributed by atoms with Crippen LogP contribution in [0.5, 0.6) is 0 Å². The zero-order valence-electron chi connectivity index (χ0n) is 22.7. The van der Waals surface area contributed by atoms with Crippen molar-refractivity contribution < 1.29 is 20.1 Å². The number of aliphatic hydroxyl groups is 3. The topological polar surface area (TPSA) is 77.8 Å². The fourth-order valence-electron chi connectivity index (χ4n) is 5.28. The van der Waals surface area contributed by atoms with Crippen molar-refractivity contribution in [1.29, 1.82) is 0 Å². The highest BCUT2D eigenvalue weighted by Crippen LogP contribution is 2.55.